The van der Waals surface area contributed by atoms with Crippen molar-refractivity contribution in [2.45, 2.75) is 36.8 Å². The summed E-state index contributed by atoms with van der Waals surface area (Å²) in [4.78, 5) is 23.4. The van der Waals surface area contributed by atoms with Crippen LogP contribution in [0.5, 0.6) is 5.75 Å². The summed E-state index contributed by atoms with van der Waals surface area (Å²) in [6, 6.07) is 7.22. The third kappa shape index (κ3) is 5.72. The number of imidazole rings is 1. The Hall–Kier alpha value is -4.18. The number of aryl methyl sites for hydroxylation is 1. The first kappa shape index (κ1) is 30.8. The Balaban J connectivity index is 1.20. The molecule has 2 aromatic carbocycles. The van der Waals surface area contributed by atoms with Gasteiger partial charge in [-0.3, -0.25) is 9.20 Å². The summed E-state index contributed by atoms with van der Waals surface area (Å²) in [5.41, 5.74) is 1.82. The summed E-state index contributed by atoms with van der Waals surface area (Å²) in [5.74, 6) is -2.16. The van der Waals surface area contributed by atoms with Crippen LogP contribution in [0.15, 0.2) is 53.8 Å². The topological polar surface area (TPSA) is 141 Å². The van der Waals surface area contributed by atoms with E-state index in [1.54, 1.807) is 33.7 Å². The lowest BCUT2D eigenvalue weighted by Gasteiger charge is -2.35. The van der Waals surface area contributed by atoms with E-state index in [1.165, 1.54) is 35.9 Å². The van der Waals surface area contributed by atoms with Gasteiger partial charge in [-0.05, 0) is 48.7 Å². The first-order valence-electron chi connectivity index (χ1n) is 14.6. The van der Waals surface area contributed by atoms with Gasteiger partial charge in [0.05, 0.1) is 36.0 Å². The zero-order valence-corrected chi connectivity index (χ0v) is 25.5. The third-order valence-electron chi connectivity index (χ3n) is 8.25. The number of carbonyl (C=O) groups excluding carboxylic acids is 1. The second-order valence-electron chi connectivity index (χ2n) is 10.9. The highest BCUT2D eigenvalue weighted by atomic mass is 32.2. The van der Waals surface area contributed by atoms with Crippen molar-refractivity contribution in [1.82, 2.24) is 28.9 Å². The average Bonchev–Trinajstić information content (AvgIpc) is 3.69. The minimum atomic E-state index is -3.84. The molecule has 0 saturated carbocycles. The van der Waals surface area contributed by atoms with Crippen LogP contribution in [-0.2, 0) is 21.2 Å². The first-order valence-corrected chi connectivity index (χ1v) is 16.0. The van der Waals surface area contributed by atoms with E-state index >= 15 is 0 Å². The van der Waals surface area contributed by atoms with E-state index in [0.29, 0.717) is 47.8 Å². The highest BCUT2D eigenvalue weighted by molar-refractivity contribution is 7.89. The van der Waals surface area contributed by atoms with Gasteiger partial charge in [-0.25, -0.2) is 22.8 Å². The number of nitrogens with zero attached hydrogens (tertiary/aromatic N) is 5. The average molecular weight is 642 g/mol. The fourth-order valence-electron chi connectivity index (χ4n) is 5.83. The zero-order chi connectivity index (χ0) is 31.9. The van der Waals surface area contributed by atoms with E-state index in [2.05, 4.69) is 20.6 Å². The third-order valence-corrected chi connectivity index (χ3v) is 10.2. The van der Waals surface area contributed by atoms with Gasteiger partial charge in [0.1, 0.15) is 0 Å². The number of fused-ring (bicyclic) bond motifs is 1. The molecule has 0 unspecified atom stereocenters. The van der Waals surface area contributed by atoms with Crippen LogP contribution in [-0.4, -0.2) is 95.0 Å². The molecule has 6 rings (SSSR count). The predicted octanol–water partition coefficient (Wildman–Crippen LogP) is 2.54. The van der Waals surface area contributed by atoms with E-state index < -0.39 is 33.8 Å². The maximum atomic E-state index is 14.9. The normalized spacial score (nSPS) is 19.3. The van der Waals surface area contributed by atoms with E-state index in [0.717, 1.165) is 0 Å². The smallest absolute Gasteiger partial charge is 0.243 e. The summed E-state index contributed by atoms with van der Waals surface area (Å²) in [6.07, 6.45) is 4.73. The lowest BCUT2D eigenvalue weighted by Crippen LogP contribution is -2.54. The fourth-order valence-corrected chi connectivity index (χ4v) is 7.53. The lowest BCUT2D eigenvalue weighted by molar-refractivity contribution is -0.134. The number of aliphatic hydroxyl groups is 1. The Morgan fingerprint density at radius 3 is 2.60 bits per heavy atom. The number of carbonyl (C=O) groups is 1. The molecule has 45 heavy (non-hydrogen) atoms. The molecule has 2 saturated heterocycles. The second-order valence-corrected chi connectivity index (χ2v) is 12.8. The van der Waals surface area contributed by atoms with Gasteiger partial charge in [0.2, 0.25) is 21.7 Å². The fraction of sp³-hybridized carbons (Fsp3) is 0.367. The number of sulfonamides is 1. The number of benzene rings is 2. The van der Waals surface area contributed by atoms with E-state index in [-0.39, 0.29) is 48.3 Å². The van der Waals surface area contributed by atoms with Crippen LogP contribution < -0.4 is 15.4 Å². The number of aliphatic hydroxyl groups excluding tert-OH is 1. The molecule has 0 spiro atoms. The second kappa shape index (κ2) is 12.3. The molecule has 3 N–H and O–H groups in total. The summed E-state index contributed by atoms with van der Waals surface area (Å²) in [6.45, 7) is 3.10. The quantitative estimate of drug-likeness (QED) is 0.265. The molecule has 0 aliphatic carbocycles. The number of piperazine rings is 1. The molecule has 0 radical (unpaired) electrons. The first-order chi connectivity index (χ1) is 21.6. The zero-order valence-electron chi connectivity index (χ0n) is 24.7. The minimum Gasteiger partial charge on any atom is -0.494 e. The van der Waals surface area contributed by atoms with Crippen molar-refractivity contribution in [3.8, 4) is 17.0 Å². The van der Waals surface area contributed by atoms with Crippen LogP contribution in [0.25, 0.3) is 16.9 Å². The number of hydrogen-bond donors (Lipinski definition) is 3. The van der Waals surface area contributed by atoms with Crippen molar-refractivity contribution in [3.05, 3.63) is 66.1 Å². The molecule has 2 aliphatic rings. The molecule has 2 atom stereocenters. The van der Waals surface area contributed by atoms with Crippen LogP contribution in [0.1, 0.15) is 18.9 Å². The molecule has 0 bridgehead atoms. The van der Waals surface area contributed by atoms with Crippen molar-refractivity contribution in [1.29, 1.82) is 0 Å². The standard InChI is InChI=1S/C30H33F2N7O5S/c1-3-18-14-19(4-7-25(18)45(42,43)38-12-10-37(11-13-38)30(41)22-15-20(40)16-34-22)36-28-29-35-17-23(39(29)9-8-33-28)21-5-6-24(44-2)27(32)26(21)31/h4-9,14,17,20,22,34,40H,3,10-13,15-16H2,1-2H3,(H,33,36)/t20-,22+/m1/s1. The van der Waals surface area contributed by atoms with Gasteiger partial charge in [0.15, 0.2) is 23.0 Å². The largest absolute Gasteiger partial charge is 0.494 e. The number of hydrogen-bond acceptors (Lipinski definition) is 9. The van der Waals surface area contributed by atoms with Gasteiger partial charge in [-0.1, -0.05) is 6.92 Å². The summed E-state index contributed by atoms with van der Waals surface area (Å²) in [7, 11) is -2.58. The van der Waals surface area contributed by atoms with Crippen LogP contribution >= 0.6 is 0 Å². The van der Waals surface area contributed by atoms with Crippen LogP contribution in [0, 0.1) is 11.6 Å². The number of amides is 1. The molecule has 12 nitrogen and oxygen atoms in total. The minimum absolute atomic E-state index is 0.0000185. The molecule has 15 heteroatoms. The number of β-amino-alcohol motifs (C(OH)–C–C–N with tert-alkyl or cyclic N) is 1. The van der Waals surface area contributed by atoms with Crippen LogP contribution in [0.2, 0.25) is 0 Å². The lowest BCUT2D eigenvalue weighted by atomic mass is 10.1. The van der Waals surface area contributed by atoms with E-state index in [4.69, 9.17) is 4.74 Å². The van der Waals surface area contributed by atoms with E-state index in [9.17, 15) is 27.1 Å². The molecule has 2 fully saturated rings. The number of rotatable bonds is 8. The maximum Gasteiger partial charge on any atom is 0.243 e. The van der Waals surface area contributed by atoms with Gasteiger partial charge in [0.25, 0.3) is 0 Å². The van der Waals surface area contributed by atoms with Gasteiger partial charge < -0.3 is 25.4 Å². The number of methoxy groups -OCH3 is 1. The Morgan fingerprint density at radius 1 is 1.13 bits per heavy atom. The van der Waals surface area contributed by atoms with Crippen molar-refractivity contribution in [2.75, 3.05) is 45.2 Å². The highest BCUT2D eigenvalue weighted by Gasteiger charge is 2.36. The molecule has 2 aliphatic heterocycles. The number of nitrogens with one attached hydrogen (secondary N) is 2. The Labute approximate surface area is 258 Å². The van der Waals surface area contributed by atoms with E-state index in [1.807, 2.05) is 6.92 Å². The van der Waals surface area contributed by atoms with Crippen molar-refractivity contribution >= 4 is 33.1 Å². The Bertz CT molecular complexity index is 1860. The van der Waals surface area contributed by atoms with Gasteiger partial charge >= 0.3 is 0 Å². The molecule has 2 aromatic heterocycles. The SMILES string of the molecule is CCc1cc(Nc2nccn3c(-c4ccc(OC)c(F)c4F)cnc23)ccc1S(=O)(=O)N1CCN(C(=O)[C@@H]2C[C@@H](O)CN2)CC1. The van der Waals surface area contributed by atoms with Crippen LogP contribution in [0.3, 0.4) is 0 Å². The highest BCUT2D eigenvalue weighted by Crippen LogP contribution is 2.32. The van der Waals surface area contributed by atoms with Crippen LogP contribution in [0.4, 0.5) is 20.3 Å². The molecular weight excluding hydrogens is 608 g/mol. The molecule has 1 amide bonds. The summed E-state index contributed by atoms with van der Waals surface area (Å²) in [5, 5.41) is 15.9. The summed E-state index contributed by atoms with van der Waals surface area (Å²) >= 11 is 0. The van der Waals surface area contributed by atoms with Gasteiger partial charge in [0, 0.05) is 56.4 Å². The summed E-state index contributed by atoms with van der Waals surface area (Å²) < 4.78 is 64.5. The van der Waals surface area contributed by atoms with Crippen molar-refractivity contribution < 1.29 is 31.8 Å². The van der Waals surface area contributed by atoms with Crippen molar-refractivity contribution in [2.24, 2.45) is 0 Å². The monoisotopic (exact) mass is 641 g/mol. The molecule has 238 valence electrons. The molecule has 4 aromatic rings. The molecular formula is C30H33F2N7O5S. The number of ether oxygens (including phenoxy) is 1. The van der Waals surface area contributed by atoms with Gasteiger partial charge in [-0.15, -0.1) is 0 Å². The predicted molar refractivity (Wildman–Crippen MR) is 162 cm³/mol. The van der Waals surface area contributed by atoms with Crippen molar-refractivity contribution in [3.63, 3.8) is 0 Å². The number of anilines is 2. The number of halogens is 2. The number of aromatic nitrogens is 3. The Kier molecular flexibility index (Phi) is 8.43. The van der Waals surface area contributed by atoms with Gasteiger partial charge in [-0.2, -0.15) is 8.70 Å². The Morgan fingerprint density at radius 2 is 1.91 bits per heavy atom. The molecule has 4 heterocycles. The maximum absolute atomic E-state index is 14.9.